The molecular weight excluding hydrogens is 406 g/mol. The zero-order valence-corrected chi connectivity index (χ0v) is 17.9. The third-order valence-electron chi connectivity index (χ3n) is 4.29. The molecule has 10 nitrogen and oxygen atoms in total. The number of carboxylic acids is 1. The molecule has 0 aliphatic carbocycles. The minimum atomic E-state index is -1.44. The van der Waals surface area contributed by atoms with Gasteiger partial charge in [-0.1, -0.05) is 18.2 Å². The first-order valence-corrected chi connectivity index (χ1v) is 9.64. The number of para-hydroxylation sites is 1. The Kier molecular flexibility index (Phi) is 7.62. The number of rotatable bonds is 8. The Morgan fingerprint density at radius 3 is 2.39 bits per heavy atom. The summed E-state index contributed by atoms with van der Waals surface area (Å²) >= 11 is 0. The molecule has 0 aliphatic heterocycles. The van der Waals surface area contributed by atoms with Crippen molar-refractivity contribution in [3.05, 3.63) is 36.0 Å². The number of H-pyrrole nitrogens is 1. The molecule has 0 bridgehead atoms. The SMILES string of the molecule is COC(=O)C(Cc1c[nH]c2ccccc12)NC(=O)C(CC(=O)O)NC(=O)OC(C)(C)C. The normalized spacial score (nSPS) is 13.2. The van der Waals surface area contributed by atoms with Gasteiger partial charge in [0.05, 0.1) is 13.5 Å². The van der Waals surface area contributed by atoms with Gasteiger partial charge in [-0.3, -0.25) is 9.59 Å². The molecule has 1 aromatic carbocycles. The van der Waals surface area contributed by atoms with Crippen LogP contribution >= 0.6 is 0 Å². The second-order valence-electron chi connectivity index (χ2n) is 7.94. The Morgan fingerprint density at radius 1 is 1.10 bits per heavy atom. The van der Waals surface area contributed by atoms with Crippen molar-refractivity contribution in [3.8, 4) is 0 Å². The number of hydrogen-bond acceptors (Lipinski definition) is 6. The molecular formula is C21H27N3O7. The third kappa shape index (κ3) is 7.02. The van der Waals surface area contributed by atoms with E-state index in [1.54, 1.807) is 27.0 Å². The summed E-state index contributed by atoms with van der Waals surface area (Å²) in [7, 11) is 1.18. The molecule has 0 spiro atoms. The van der Waals surface area contributed by atoms with E-state index in [9.17, 15) is 19.2 Å². The maximum atomic E-state index is 12.7. The molecule has 168 valence electrons. The fraction of sp³-hybridized carbons (Fsp3) is 0.429. The van der Waals surface area contributed by atoms with Crippen LogP contribution in [0.5, 0.6) is 0 Å². The van der Waals surface area contributed by atoms with Gasteiger partial charge in [-0.25, -0.2) is 9.59 Å². The molecule has 1 aromatic heterocycles. The van der Waals surface area contributed by atoms with E-state index < -0.39 is 48.0 Å². The monoisotopic (exact) mass is 433 g/mol. The first kappa shape index (κ1) is 23.7. The molecule has 2 aromatic rings. The van der Waals surface area contributed by atoms with Crippen molar-refractivity contribution in [2.45, 2.75) is 51.3 Å². The molecule has 1 heterocycles. The minimum Gasteiger partial charge on any atom is -0.481 e. The van der Waals surface area contributed by atoms with Crippen molar-refractivity contribution in [2.24, 2.45) is 0 Å². The maximum Gasteiger partial charge on any atom is 0.408 e. The van der Waals surface area contributed by atoms with Crippen LogP contribution in [0.15, 0.2) is 30.5 Å². The Balaban J connectivity index is 2.18. The van der Waals surface area contributed by atoms with Crippen LogP contribution in [-0.4, -0.2) is 58.8 Å². The molecule has 2 amide bonds. The molecule has 4 N–H and O–H groups in total. The first-order valence-electron chi connectivity index (χ1n) is 9.64. The number of methoxy groups -OCH3 is 1. The van der Waals surface area contributed by atoms with E-state index in [0.29, 0.717) is 0 Å². The quantitative estimate of drug-likeness (QED) is 0.464. The molecule has 2 atom stereocenters. The molecule has 31 heavy (non-hydrogen) atoms. The fourth-order valence-corrected chi connectivity index (χ4v) is 2.96. The highest BCUT2D eigenvalue weighted by atomic mass is 16.6. The highest BCUT2D eigenvalue weighted by Gasteiger charge is 2.30. The summed E-state index contributed by atoms with van der Waals surface area (Å²) in [6, 6.07) is 4.92. The Hall–Kier alpha value is -3.56. The highest BCUT2D eigenvalue weighted by Crippen LogP contribution is 2.19. The standard InChI is InChI=1S/C21H27N3O7/c1-21(2,3)31-20(29)24-15(10-17(25)26)18(27)23-16(19(28)30-4)9-12-11-22-14-8-6-5-7-13(12)14/h5-8,11,15-16,22H,9-10H2,1-4H3,(H,23,27)(H,24,29)(H,25,26). The summed E-state index contributed by atoms with van der Waals surface area (Å²) in [5, 5.41) is 14.7. The van der Waals surface area contributed by atoms with Crippen LogP contribution in [0.3, 0.4) is 0 Å². The van der Waals surface area contributed by atoms with Crippen molar-refractivity contribution in [2.75, 3.05) is 7.11 Å². The summed E-state index contributed by atoms with van der Waals surface area (Å²) in [6.45, 7) is 4.90. The van der Waals surface area contributed by atoms with Gasteiger partial charge in [0.1, 0.15) is 17.7 Å². The molecule has 0 radical (unpaired) electrons. The largest absolute Gasteiger partial charge is 0.481 e. The van der Waals surface area contributed by atoms with Gasteiger partial charge < -0.3 is 30.2 Å². The predicted molar refractivity (Wildman–Crippen MR) is 111 cm³/mol. The Morgan fingerprint density at radius 2 is 1.77 bits per heavy atom. The number of carbonyl (C=O) groups is 4. The first-order chi connectivity index (χ1) is 14.5. The topological polar surface area (TPSA) is 147 Å². The van der Waals surface area contributed by atoms with Gasteiger partial charge in [-0.2, -0.15) is 0 Å². The number of aromatic amines is 1. The second-order valence-corrected chi connectivity index (χ2v) is 7.94. The van der Waals surface area contributed by atoms with Crippen LogP contribution in [0.2, 0.25) is 0 Å². The number of benzene rings is 1. The van der Waals surface area contributed by atoms with Crippen LogP contribution in [0.1, 0.15) is 32.8 Å². The number of alkyl carbamates (subject to hydrolysis) is 1. The van der Waals surface area contributed by atoms with E-state index >= 15 is 0 Å². The average molecular weight is 433 g/mol. The number of fused-ring (bicyclic) bond motifs is 1. The number of aliphatic carboxylic acids is 1. The maximum absolute atomic E-state index is 12.7. The van der Waals surface area contributed by atoms with Crippen molar-refractivity contribution in [3.63, 3.8) is 0 Å². The van der Waals surface area contributed by atoms with E-state index in [4.69, 9.17) is 14.6 Å². The average Bonchev–Trinajstić information content (AvgIpc) is 3.07. The molecule has 10 heteroatoms. The molecule has 0 fully saturated rings. The Bertz CT molecular complexity index is 961. The zero-order chi connectivity index (χ0) is 23.2. The van der Waals surface area contributed by atoms with Crippen LogP contribution in [0.4, 0.5) is 4.79 Å². The number of amides is 2. The highest BCUT2D eigenvalue weighted by molar-refractivity contribution is 5.92. The number of aromatic nitrogens is 1. The van der Waals surface area contributed by atoms with Crippen molar-refractivity contribution in [1.29, 1.82) is 0 Å². The molecule has 0 saturated carbocycles. The number of carboxylic acid groups (broad SMARTS) is 1. The van der Waals surface area contributed by atoms with E-state index in [2.05, 4.69) is 15.6 Å². The van der Waals surface area contributed by atoms with Crippen LogP contribution in [-0.2, 0) is 30.3 Å². The van der Waals surface area contributed by atoms with Crippen LogP contribution < -0.4 is 10.6 Å². The number of carbonyl (C=O) groups excluding carboxylic acids is 3. The lowest BCUT2D eigenvalue weighted by atomic mass is 10.0. The predicted octanol–water partition coefficient (Wildman–Crippen LogP) is 1.74. The summed E-state index contributed by atoms with van der Waals surface area (Å²) in [5.41, 5.74) is 0.794. The van der Waals surface area contributed by atoms with Gasteiger partial charge in [0, 0.05) is 23.5 Å². The van der Waals surface area contributed by atoms with Gasteiger partial charge in [0.15, 0.2) is 0 Å². The number of hydrogen-bond donors (Lipinski definition) is 4. The van der Waals surface area contributed by atoms with Gasteiger partial charge in [-0.15, -0.1) is 0 Å². The second kappa shape index (κ2) is 9.96. The Labute approximate surface area is 179 Å². The molecule has 0 aliphatic rings. The number of esters is 1. The molecule has 2 unspecified atom stereocenters. The van der Waals surface area contributed by atoms with E-state index in [1.807, 2.05) is 24.3 Å². The van der Waals surface area contributed by atoms with Crippen molar-refractivity contribution >= 4 is 34.8 Å². The zero-order valence-electron chi connectivity index (χ0n) is 17.9. The van der Waals surface area contributed by atoms with Gasteiger partial charge in [0.25, 0.3) is 0 Å². The number of nitrogens with one attached hydrogen (secondary N) is 3. The molecule has 2 rings (SSSR count). The summed E-state index contributed by atoms with van der Waals surface area (Å²) in [5.74, 6) is -2.85. The lowest BCUT2D eigenvalue weighted by Gasteiger charge is -2.24. The van der Waals surface area contributed by atoms with E-state index in [0.717, 1.165) is 16.5 Å². The van der Waals surface area contributed by atoms with Gasteiger partial charge >= 0.3 is 18.0 Å². The summed E-state index contributed by atoms with van der Waals surface area (Å²) in [4.78, 5) is 51.3. The molecule has 0 saturated heterocycles. The van der Waals surface area contributed by atoms with Crippen LogP contribution in [0.25, 0.3) is 10.9 Å². The van der Waals surface area contributed by atoms with E-state index in [-0.39, 0.29) is 6.42 Å². The van der Waals surface area contributed by atoms with Crippen molar-refractivity contribution in [1.82, 2.24) is 15.6 Å². The summed E-state index contributed by atoms with van der Waals surface area (Å²) in [6.07, 6.45) is 0.196. The van der Waals surface area contributed by atoms with Crippen molar-refractivity contribution < 1.29 is 33.8 Å². The van der Waals surface area contributed by atoms with Crippen LogP contribution in [0, 0.1) is 0 Å². The van der Waals surface area contributed by atoms with Gasteiger partial charge in [-0.05, 0) is 32.4 Å². The minimum absolute atomic E-state index is 0.106. The summed E-state index contributed by atoms with van der Waals surface area (Å²) < 4.78 is 9.88. The fourth-order valence-electron chi connectivity index (χ4n) is 2.96. The smallest absolute Gasteiger partial charge is 0.408 e. The number of ether oxygens (including phenoxy) is 2. The van der Waals surface area contributed by atoms with E-state index in [1.165, 1.54) is 7.11 Å². The lowest BCUT2D eigenvalue weighted by Crippen LogP contribution is -2.53. The van der Waals surface area contributed by atoms with Gasteiger partial charge in [0.2, 0.25) is 5.91 Å². The lowest BCUT2D eigenvalue weighted by molar-refractivity contribution is -0.145. The third-order valence-corrected chi connectivity index (χ3v) is 4.29.